The van der Waals surface area contributed by atoms with Gasteiger partial charge in [0, 0.05) is 0 Å². The Hall–Kier alpha value is -2.26. The highest BCUT2D eigenvalue weighted by atomic mass is 32.2. The predicted octanol–water partition coefficient (Wildman–Crippen LogP) is 2.53. The molecular weight excluding hydrogens is 362 g/mol. The van der Waals surface area contributed by atoms with E-state index in [1.165, 1.54) is 11.3 Å². The van der Waals surface area contributed by atoms with Gasteiger partial charge in [0.15, 0.2) is 15.5 Å². The first kappa shape index (κ1) is 16.2. The fourth-order valence-corrected chi connectivity index (χ4v) is 5.73. The Morgan fingerprint density at radius 3 is 2.80 bits per heavy atom. The van der Waals surface area contributed by atoms with Crippen molar-refractivity contribution >= 4 is 38.2 Å². The molecule has 1 aliphatic rings. The molecule has 0 saturated carbocycles. The summed E-state index contributed by atoms with van der Waals surface area (Å²) in [6.45, 7) is 1.77. The molecule has 130 valence electrons. The van der Waals surface area contributed by atoms with E-state index in [4.69, 9.17) is 0 Å². The third-order valence-corrected chi connectivity index (χ3v) is 7.05. The van der Waals surface area contributed by atoms with Gasteiger partial charge in [0.1, 0.15) is 11.3 Å². The van der Waals surface area contributed by atoms with E-state index < -0.39 is 15.8 Å². The zero-order chi connectivity index (χ0) is 17.8. The highest BCUT2D eigenvalue weighted by Gasteiger charge is 2.32. The molecule has 1 atom stereocenters. The van der Waals surface area contributed by atoms with Crippen LogP contribution in [0.5, 0.6) is 0 Å². The molecule has 1 unspecified atom stereocenters. The van der Waals surface area contributed by atoms with E-state index in [9.17, 15) is 18.3 Å². The number of imidazole rings is 1. The van der Waals surface area contributed by atoms with Gasteiger partial charge in [-0.1, -0.05) is 6.07 Å². The third kappa shape index (κ3) is 2.73. The summed E-state index contributed by atoms with van der Waals surface area (Å²) in [6.07, 6.45) is 0.508. The summed E-state index contributed by atoms with van der Waals surface area (Å²) in [5.74, 6) is -0.346. The maximum atomic E-state index is 11.9. The Morgan fingerprint density at radius 2 is 2.20 bits per heavy atom. The van der Waals surface area contributed by atoms with Gasteiger partial charge in [0.05, 0.1) is 33.6 Å². The van der Waals surface area contributed by atoms with Gasteiger partial charge in [0.25, 0.3) is 0 Å². The van der Waals surface area contributed by atoms with Gasteiger partial charge in [-0.05, 0) is 30.9 Å². The highest BCUT2D eigenvalue weighted by Crippen LogP contribution is 2.33. The number of thiophene rings is 1. The van der Waals surface area contributed by atoms with E-state index in [1.807, 2.05) is 22.1 Å². The highest BCUT2D eigenvalue weighted by molar-refractivity contribution is 7.91. The number of carbonyl (C=O) groups is 1. The van der Waals surface area contributed by atoms with Crippen molar-refractivity contribution < 1.29 is 18.3 Å². The monoisotopic (exact) mass is 377 g/mol. The van der Waals surface area contributed by atoms with Crippen LogP contribution in [0.3, 0.4) is 0 Å². The van der Waals surface area contributed by atoms with Crippen molar-refractivity contribution in [2.24, 2.45) is 0 Å². The number of hydrogen-bond donors (Lipinski definition) is 1. The topological polar surface area (TPSA) is 102 Å². The van der Waals surface area contributed by atoms with Crippen LogP contribution in [0, 0.1) is 6.92 Å². The molecule has 7 nitrogen and oxygen atoms in total. The fraction of sp³-hybridized carbons (Fsp3) is 0.312. The molecule has 0 amide bonds. The lowest BCUT2D eigenvalue weighted by Crippen LogP contribution is -2.12. The minimum Gasteiger partial charge on any atom is -0.476 e. The number of sulfone groups is 1. The predicted molar refractivity (Wildman–Crippen MR) is 94.8 cm³/mol. The molecule has 4 heterocycles. The number of aromatic carboxylic acids is 1. The van der Waals surface area contributed by atoms with Crippen LogP contribution in [0.4, 0.5) is 0 Å². The fourth-order valence-electron chi connectivity index (χ4n) is 3.35. The standard InChI is InChI=1S/C16H15N3O4S2/c1-9-17-14-12(19(9)10-4-6-25(22,23)8-10)7-11(13-3-2-5-24-13)18-15(14)16(20)21/h2-3,5,7,10H,4,6,8H2,1H3,(H,20,21). The van der Waals surface area contributed by atoms with Gasteiger partial charge >= 0.3 is 5.97 Å². The summed E-state index contributed by atoms with van der Waals surface area (Å²) < 4.78 is 25.6. The Morgan fingerprint density at radius 1 is 1.40 bits per heavy atom. The van der Waals surface area contributed by atoms with Gasteiger partial charge < -0.3 is 9.67 Å². The number of pyridine rings is 1. The Bertz CT molecular complexity index is 1080. The molecule has 4 rings (SSSR count). The van der Waals surface area contributed by atoms with E-state index in [0.29, 0.717) is 29.0 Å². The van der Waals surface area contributed by atoms with Crippen molar-refractivity contribution in [3.05, 3.63) is 35.1 Å². The molecule has 0 bridgehead atoms. The molecule has 25 heavy (non-hydrogen) atoms. The number of nitrogens with zero attached hydrogens (tertiary/aromatic N) is 3. The summed E-state index contributed by atoms with van der Waals surface area (Å²) in [6, 6.07) is 5.32. The van der Waals surface area contributed by atoms with E-state index in [1.54, 1.807) is 13.0 Å². The largest absolute Gasteiger partial charge is 0.476 e. The number of fused-ring (bicyclic) bond motifs is 1. The second kappa shape index (κ2) is 5.63. The van der Waals surface area contributed by atoms with Gasteiger partial charge in [-0.15, -0.1) is 11.3 Å². The zero-order valence-electron chi connectivity index (χ0n) is 13.3. The SMILES string of the molecule is Cc1nc2c(C(=O)O)nc(-c3cccs3)cc2n1C1CCS(=O)(=O)C1. The molecule has 1 saturated heterocycles. The maximum Gasteiger partial charge on any atom is 0.356 e. The summed E-state index contributed by atoms with van der Waals surface area (Å²) in [5, 5.41) is 11.4. The van der Waals surface area contributed by atoms with Crippen molar-refractivity contribution in [1.82, 2.24) is 14.5 Å². The average Bonchev–Trinajstić information content (AvgIpc) is 3.24. The summed E-state index contributed by atoms with van der Waals surface area (Å²) >= 11 is 1.47. The van der Waals surface area contributed by atoms with Gasteiger partial charge in [-0.3, -0.25) is 0 Å². The van der Waals surface area contributed by atoms with Crippen LogP contribution in [0.25, 0.3) is 21.6 Å². The summed E-state index contributed by atoms with van der Waals surface area (Å²) in [7, 11) is -3.07. The zero-order valence-corrected chi connectivity index (χ0v) is 15.0. The van der Waals surface area contributed by atoms with E-state index in [2.05, 4.69) is 9.97 Å². The van der Waals surface area contributed by atoms with E-state index >= 15 is 0 Å². The Balaban J connectivity index is 1.98. The average molecular weight is 377 g/mol. The van der Waals surface area contributed by atoms with Crippen LogP contribution in [-0.4, -0.2) is 45.5 Å². The number of aromatic nitrogens is 3. The minimum atomic E-state index is -3.07. The van der Waals surface area contributed by atoms with Crippen LogP contribution in [-0.2, 0) is 9.84 Å². The smallest absolute Gasteiger partial charge is 0.356 e. The van der Waals surface area contributed by atoms with Crippen LogP contribution < -0.4 is 0 Å². The molecule has 0 radical (unpaired) electrons. The van der Waals surface area contributed by atoms with Crippen molar-refractivity contribution in [2.75, 3.05) is 11.5 Å². The summed E-state index contributed by atoms with van der Waals surface area (Å²) in [4.78, 5) is 21.2. The van der Waals surface area contributed by atoms with Crippen molar-refractivity contribution in [1.29, 1.82) is 0 Å². The number of hydrogen-bond acceptors (Lipinski definition) is 6. The summed E-state index contributed by atoms with van der Waals surface area (Å²) in [5.41, 5.74) is 1.37. The second-order valence-electron chi connectivity index (χ2n) is 6.09. The second-order valence-corrected chi connectivity index (χ2v) is 9.27. The minimum absolute atomic E-state index is 0.0539. The third-order valence-electron chi connectivity index (χ3n) is 4.40. The van der Waals surface area contributed by atoms with Crippen molar-refractivity contribution in [3.8, 4) is 10.6 Å². The first-order chi connectivity index (χ1) is 11.9. The van der Waals surface area contributed by atoms with Crippen molar-refractivity contribution in [3.63, 3.8) is 0 Å². The molecule has 0 aliphatic carbocycles. The lowest BCUT2D eigenvalue weighted by atomic mass is 10.2. The van der Waals surface area contributed by atoms with Crippen LogP contribution in [0.15, 0.2) is 23.6 Å². The van der Waals surface area contributed by atoms with E-state index in [-0.39, 0.29) is 23.2 Å². The molecule has 1 N–H and O–H groups in total. The number of rotatable bonds is 3. The van der Waals surface area contributed by atoms with Crippen LogP contribution >= 0.6 is 11.3 Å². The van der Waals surface area contributed by atoms with Crippen molar-refractivity contribution in [2.45, 2.75) is 19.4 Å². The lowest BCUT2D eigenvalue weighted by Gasteiger charge is -2.14. The van der Waals surface area contributed by atoms with Crippen LogP contribution in [0.1, 0.15) is 28.8 Å². The molecule has 3 aromatic heterocycles. The number of carboxylic acid groups (broad SMARTS) is 1. The molecule has 3 aromatic rings. The molecule has 1 fully saturated rings. The van der Waals surface area contributed by atoms with Gasteiger partial charge in [-0.2, -0.15) is 0 Å². The lowest BCUT2D eigenvalue weighted by molar-refractivity contribution is 0.0692. The normalized spacial score (nSPS) is 19.5. The molecule has 9 heteroatoms. The quantitative estimate of drug-likeness (QED) is 0.752. The molecule has 0 aromatic carbocycles. The number of aryl methyl sites for hydroxylation is 1. The van der Waals surface area contributed by atoms with Gasteiger partial charge in [-0.25, -0.2) is 23.2 Å². The molecule has 1 aliphatic heterocycles. The first-order valence-electron chi connectivity index (χ1n) is 7.73. The Kier molecular flexibility index (Phi) is 3.66. The van der Waals surface area contributed by atoms with Crippen LogP contribution in [0.2, 0.25) is 0 Å². The number of carboxylic acids is 1. The first-order valence-corrected chi connectivity index (χ1v) is 10.4. The van der Waals surface area contributed by atoms with Gasteiger partial charge in [0.2, 0.25) is 0 Å². The molecule has 0 spiro atoms. The maximum absolute atomic E-state index is 11.9. The Labute approximate surface area is 147 Å². The van der Waals surface area contributed by atoms with E-state index in [0.717, 1.165) is 4.88 Å². The molecular formula is C16H15N3O4S2.